The van der Waals surface area contributed by atoms with E-state index in [1.54, 1.807) is 6.92 Å². The van der Waals surface area contributed by atoms with Crippen LogP contribution in [0.5, 0.6) is 0 Å². The first-order valence-corrected chi connectivity index (χ1v) is 10.2. The van der Waals surface area contributed by atoms with Crippen molar-refractivity contribution >= 4 is 39.0 Å². The van der Waals surface area contributed by atoms with E-state index in [9.17, 15) is 22.0 Å². The van der Waals surface area contributed by atoms with E-state index in [2.05, 4.69) is 25.3 Å². The number of hydrogen-bond donors (Lipinski definition) is 2. The Hall–Kier alpha value is -3.12. The van der Waals surface area contributed by atoms with Gasteiger partial charge in [0.25, 0.3) is 16.4 Å². The Bertz CT molecular complexity index is 1150. The number of benzene rings is 1. The number of sulfonamides is 1. The van der Waals surface area contributed by atoms with Crippen molar-refractivity contribution in [3.05, 3.63) is 59.0 Å². The lowest BCUT2D eigenvalue weighted by Gasteiger charge is -2.09. The van der Waals surface area contributed by atoms with Crippen LogP contribution in [-0.2, 0) is 21.4 Å². The van der Waals surface area contributed by atoms with Gasteiger partial charge in [0.15, 0.2) is 11.0 Å². The number of halogens is 3. The first-order chi connectivity index (χ1) is 14.1. The number of aromatic nitrogens is 4. The monoisotopic (exact) mass is 456 g/mol. The zero-order valence-electron chi connectivity index (χ0n) is 15.4. The van der Waals surface area contributed by atoms with Gasteiger partial charge in [0, 0.05) is 11.4 Å². The van der Waals surface area contributed by atoms with Crippen LogP contribution in [0.15, 0.2) is 47.4 Å². The molecule has 0 atom stereocenters. The van der Waals surface area contributed by atoms with Crippen molar-refractivity contribution in [3.8, 4) is 0 Å². The molecule has 0 saturated heterocycles. The molecule has 30 heavy (non-hydrogen) atoms. The van der Waals surface area contributed by atoms with Crippen LogP contribution in [0.4, 0.5) is 20.3 Å². The van der Waals surface area contributed by atoms with Crippen LogP contribution in [-0.4, -0.2) is 34.3 Å². The molecule has 2 heterocycles. The molecule has 0 aliphatic rings. The molecule has 0 aliphatic carbocycles. The Morgan fingerprint density at radius 2 is 1.87 bits per heavy atom. The van der Waals surface area contributed by atoms with Crippen LogP contribution >= 0.6 is 11.6 Å². The molecule has 0 radical (unpaired) electrons. The molecule has 0 fully saturated rings. The smallest absolute Gasteiger partial charge is 0.282 e. The second-order valence-corrected chi connectivity index (χ2v) is 8.16. The minimum atomic E-state index is -3.92. The number of carbonyl (C=O) groups excluding carboxylic acids is 1. The summed E-state index contributed by atoms with van der Waals surface area (Å²) in [7, 11) is -3.92. The number of amides is 1. The van der Waals surface area contributed by atoms with Gasteiger partial charge in [0.1, 0.15) is 12.2 Å². The van der Waals surface area contributed by atoms with Gasteiger partial charge in [-0.3, -0.25) is 14.2 Å². The van der Waals surface area contributed by atoms with Gasteiger partial charge >= 0.3 is 0 Å². The number of anilines is 2. The van der Waals surface area contributed by atoms with E-state index in [0.29, 0.717) is 11.4 Å². The Kier molecular flexibility index (Phi) is 6.27. The molecule has 2 aromatic heterocycles. The quantitative estimate of drug-likeness (QED) is 0.564. The van der Waals surface area contributed by atoms with Crippen molar-refractivity contribution in [1.82, 2.24) is 20.0 Å². The summed E-state index contributed by atoms with van der Waals surface area (Å²) >= 11 is 5.61. The van der Waals surface area contributed by atoms with Crippen molar-refractivity contribution in [2.75, 3.05) is 10.0 Å². The highest BCUT2D eigenvalue weighted by Gasteiger charge is 2.17. The highest BCUT2D eigenvalue weighted by molar-refractivity contribution is 7.92. The minimum absolute atomic E-state index is 0.00506. The maximum Gasteiger partial charge on any atom is 0.282 e. The molecule has 0 spiro atoms. The number of nitrogens with one attached hydrogen (secondary N) is 2. The summed E-state index contributed by atoms with van der Waals surface area (Å²) in [6.45, 7) is 1.29. The van der Waals surface area contributed by atoms with Crippen molar-refractivity contribution in [1.29, 1.82) is 0 Å². The number of carbonyl (C=O) groups is 1. The Morgan fingerprint density at radius 1 is 1.17 bits per heavy atom. The summed E-state index contributed by atoms with van der Waals surface area (Å²) in [6, 6.07) is 9.30. The molecule has 158 valence electrons. The molecule has 2 N–H and O–H groups in total. The van der Waals surface area contributed by atoms with Gasteiger partial charge in [0.2, 0.25) is 5.91 Å². The summed E-state index contributed by atoms with van der Waals surface area (Å²) < 4.78 is 53.6. The van der Waals surface area contributed by atoms with Gasteiger partial charge in [-0.25, -0.2) is 17.2 Å². The van der Waals surface area contributed by atoms with Gasteiger partial charge in [-0.1, -0.05) is 11.6 Å². The molecular weight excluding hydrogens is 442 g/mol. The first-order valence-electron chi connectivity index (χ1n) is 8.38. The normalized spacial score (nSPS) is 11.5. The van der Waals surface area contributed by atoms with Crippen LogP contribution in [0.1, 0.15) is 17.8 Å². The van der Waals surface area contributed by atoms with E-state index < -0.39 is 28.0 Å². The molecule has 3 aromatic rings. The van der Waals surface area contributed by atoms with Crippen LogP contribution in [0, 0.1) is 6.92 Å². The lowest BCUT2D eigenvalue weighted by atomic mass is 10.3. The predicted molar refractivity (Wildman–Crippen MR) is 105 cm³/mol. The molecule has 0 bridgehead atoms. The molecule has 3 rings (SSSR count). The van der Waals surface area contributed by atoms with Crippen molar-refractivity contribution in [2.45, 2.75) is 24.8 Å². The highest BCUT2D eigenvalue weighted by Crippen LogP contribution is 2.19. The topological polar surface area (TPSA) is 119 Å². The van der Waals surface area contributed by atoms with Crippen LogP contribution in [0.25, 0.3) is 0 Å². The number of hydrogen-bond acceptors (Lipinski definition) is 6. The van der Waals surface area contributed by atoms with Crippen molar-refractivity contribution in [2.24, 2.45) is 0 Å². The second kappa shape index (κ2) is 8.71. The number of aryl methyl sites for hydroxylation is 1. The van der Waals surface area contributed by atoms with Crippen LogP contribution in [0.2, 0.25) is 5.15 Å². The van der Waals surface area contributed by atoms with E-state index in [1.165, 1.54) is 42.5 Å². The first kappa shape index (κ1) is 21.6. The van der Waals surface area contributed by atoms with E-state index in [4.69, 9.17) is 11.6 Å². The molecule has 1 aromatic carbocycles. The third kappa shape index (κ3) is 5.27. The standard InChI is InChI=1S/C17H15ClF2N6O3S/c1-10-8-13(17(19)20)24-26(10)9-16(27)21-11-2-4-12(5-3-11)30(28,29)25-15-7-6-14(18)22-23-15/h2-8,17H,9H2,1H3,(H,21,27)(H,23,25). The number of alkyl halides is 2. The fourth-order valence-electron chi connectivity index (χ4n) is 2.42. The minimum Gasteiger partial charge on any atom is -0.324 e. The summed E-state index contributed by atoms with van der Waals surface area (Å²) in [6.07, 6.45) is -2.73. The summed E-state index contributed by atoms with van der Waals surface area (Å²) in [5.74, 6) is -0.512. The average Bonchev–Trinajstić information content (AvgIpc) is 3.04. The van der Waals surface area contributed by atoms with E-state index in [1.807, 2.05) is 0 Å². The third-order valence-electron chi connectivity index (χ3n) is 3.84. The molecule has 0 saturated carbocycles. The SMILES string of the molecule is Cc1cc(C(F)F)nn1CC(=O)Nc1ccc(S(=O)(=O)Nc2ccc(Cl)nn2)cc1. The van der Waals surface area contributed by atoms with Crippen molar-refractivity contribution < 1.29 is 22.0 Å². The fraction of sp³-hybridized carbons (Fsp3) is 0.176. The van der Waals surface area contributed by atoms with E-state index in [0.717, 1.165) is 4.68 Å². The molecule has 13 heteroatoms. The third-order valence-corrected chi connectivity index (χ3v) is 5.41. The maximum atomic E-state index is 12.7. The lowest BCUT2D eigenvalue weighted by Crippen LogP contribution is -2.20. The molecular formula is C17H15ClF2N6O3S. The van der Waals surface area contributed by atoms with E-state index in [-0.39, 0.29) is 22.4 Å². The Labute approximate surface area is 175 Å². The molecule has 9 nitrogen and oxygen atoms in total. The van der Waals surface area contributed by atoms with Gasteiger partial charge < -0.3 is 5.32 Å². The van der Waals surface area contributed by atoms with Gasteiger partial charge in [-0.15, -0.1) is 10.2 Å². The second-order valence-electron chi connectivity index (χ2n) is 6.09. The average molecular weight is 457 g/mol. The largest absolute Gasteiger partial charge is 0.324 e. The fourth-order valence-corrected chi connectivity index (χ4v) is 3.52. The highest BCUT2D eigenvalue weighted by atomic mass is 35.5. The summed E-state index contributed by atoms with van der Waals surface area (Å²) in [5, 5.41) is 13.5. The van der Waals surface area contributed by atoms with Crippen LogP contribution in [0.3, 0.4) is 0 Å². The maximum absolute atomic E-state index is 12.7. The van der Waals surface area contributed by atoms with E-state index >= 15 is 0 Å². The molecule has 1 amide bonds. The zero-order valence-corrected chi connectivity index (χ0v) is 17.0. The van der Waals surface area contributed by atoms with Crippen LogP contribution < -0.4 is 10.0 Å². The van der Waals surface area contributed by atoms with Gasteiger partial charge in [0.05, 0.1) is 4.90 Å². The molecule has 0 aliphatic heterocycles. The summed E-state index contributed by atoms with van der Waals surface area (Å²) in [5.41, 5.74) is 0.329. The van der Waals surface area contributed by atoms with Gasteiger partial charge in [-0.2, -0.15) is 5.10 Å². The zero-order chi connectivity index (χ0) is 21.9. The Morgan fingerprint density at radius 3 is 2.43 bits per heavy atom. The van der Waals surface area contributed by atoms with Gasteiger partial charge in [-0.05, 0) is 49.4 Å². The van der Waals surface area contributed by atoms with Crippen molar-refractivity contribution in [3.63, 3.8) is 0 Å². The predicted octanol–water partition coefficient (Wildman–Crippen LogP) is 3.01. The summed E-state index contributed by atoms with van der Waals surface area (Å²) in [4.78, 5) is 12.1. The number of rotatable bonds is 7. The lowest BCUT2D eigenvalue weighted by molar-refractivity contribution is -0.117. The molecule has 0 unspecified atom stereocenters. The Balaban J connectivity index is 1.65. The number of nitrogens with zero attached hydrogens (tertiary/aromatic N) is 4.